The Balaban J connectivity index is 1.92. The quantitative estimate of drug-likeness (QED) is 0.466. The van der Waals surface area contributed by atoms with Crippen LogP contribution in [0.4, 0.5) is 0 Å². The highest BCUT2D eigenvalue weighted by Gasteiger charge is 2.39. The minimum atomic E-state index is -0.797. The lowest BCUT2D eigenvalue weighted by molar-refractivity contribution is -0.698. The van der Waals surface area contributed by atoms with Gasteiger partial charge in [0.15, 0.2) is 37.9 Å². The Morgan fingerprint density at radius 2 is 1.68 bits per heavy atom. The van der Waals surface area contributed by atoms with Gasteiger partial charge >= 0.3 is 5.97 Å². The van der Waals surface area contributed by atoms with E-state index in [1.54, 1.807) is 0 Å². The fraction of sp³-hybridized carbons (Fsp3) is 0.368. The Morgan fingerprint density at radius 1 is 1.12 bits per heavy atom. The van der Waals surface area contributed by atoms with E-state index in [9.17, 15) is 9.59 Å². The second kappa shape index (κ2) is 6.63. The number of aromatic nitrogens is 2. The van der Waals surface area contributed by atoms with Crippen molar-refractivity contribution in [3.8, 4) is 11.1 Å². The van der Waals surface area contributed by atoms with Crippen LogP contribution in [0, 0.1) is 0 Å². The first-order valence-electron chi connectivity index (χ1n) is 8.28. The molecule has 6 nitrogen and oxygen atoms in total. The zero-order valence-electron chi connectivity index (χ0n) is 14.4. The van der Waals surface area contributed by atoms with Crippen molar-refractivity contribution in [2.45, 2.75) is 38.8 Å². The first kappa shape index (κ1) is 17.1. The van der Waals surface area contributed by atoms with Gasteiger partial charge in [0.1, 0.15) is 13.0 Å². The van der Waals surface area contributed by atoms with E-state index in [-0.39, 0.29) is 11.8 Å². The molecule has 0 unspecified atom stereocenters. The minimum absolute atomic E-state index is 0.105. The van der Waals surface area contributed by atoms with Crippen molar-refractivity contribution in [3.05, 3.63) is 48.0 Å². The van der Waals surface area contributed by atoms with E-state index in [1.165, 1.54) is 22.3 Å². The van der Waals surface area contributed by atoms with Crippen molar-refractivity contribution in [2.75, 3.05) is 6.61 Å². The molecule has 2 heterocycles. The summed E-state index contributed by atoms with van der Waals surface area (Å²) in [4.78, 5) is 21.1. The highest BCUT2D eigenvalue weighted by molar-refractivity contribution is 5.78. The van der Waals surface area contributed by atoms with E-state index in [0.717, 1.165) is 0 Å². The maximum atomic E-state index is 10.8. The predicted molar refractivity (Wildman–Crippen MR) is 88.7 cm³/mol. The number of hydrogen-bond donors (Lipinski definition) is 1. The SMILES string of the molecule is CC1(C)c2c[n+](CCOC=O)ccc2-c2cc[n+](CCC(=O)O)cc21. The molecule has 0 bridgehead atoms. The summed E-state index contributed by atoms with van der Waals surface area (Å²) in [5.41, 5.74) is 4.61. The largest absolute Gasteiger partial charge is 0.481 e. The summed E-state index contributed by atoms with van der Waals surface area (Å²) < 4.78 is 8.74. The normalized spacial score (nSPS) is 13.8. The third-order valence-electron chi connectivity index (χ3n) is 4.79. The lowest BCUT2D eigenvalue weighted by Gasteiger charge is -2.18. The topological polar surface area (TPSA) is 71.4 Å². The van der Waals surface area contributed by atoms with Crippen LogP contribution in [0.3, 0.4) is 0 Å². The van der Waals surface area contributed by atoms with Crippen molar-refractivity contribution < 1.29 is 28.6 Å². The van der Waals surface area contributed by atoms with E-state index < -0.39 is 5.97 Å². The van der Waals surface area contributed by atoms with Gasteiger partial charge in [-0.3, -0.25) is 9.59 Å². The Hall–Kier alpha value is -2.76. The molecule has 130 valence electrons. The molecule has 3 rings (SSSR count). The number of fused-ring (bicyclic) bond motifs is 3. The van der Waals surface area contributed by atoms with Crippen molar-refractivity contribution >= 4 is 12.4 Å². The molecule has 0 radical (unpaired) electrons. The Morgan fingerprint density at radius 3 is 2.20 bits per heavy atom. The number of aliphatic carboxylic acids is 1. The van der Waals surface area contributed by atoms with E-state index >= 15 is 0 Å². The summed E-state index contributed by atoms with van der Waals surface area (Å²) in [6, 6.07) is 4.15. The molecule has 0 amide bonds. The van der Waals surface area contributed by atoms with Crippen LogP contribution in [0.5, 0.6) is 0 Å². The zero-order valence-corrected chi connectivity index (χ0v) is 14.4. The molecule has 0 aliphatic heterocycles. The number of carbonyl (C=O) groups excluding carboxylic acids is 1. The molecule has 0 atom stereocenters. The van der Waals surface area contributed by atoms with E-state index in [1.807, 2.05) is 21.5 Å². The maximum Gasteiger partial charge on any atom is 0.309 e. The molecule has 1 N–H and O–H groups in total. The molecular weight excluding hydrogens is 320 g/mol. The maximum absolute atomic E-state index is 10.8. The standard InChI is InChI=1S/C19H21N2O4/c1-19(2)16-11-20(8-5-18(23)24)6-3-14(16)15-4-7-21(12-17(15)19)9-10-25-13-22/h3-4,6-7,11-13H,5,8-10H2,1-2H3/q+1/p+1. The van der Waals surface area contributed by atoms with Gasteiger partial charge in [-0.2, -0.15) is 0 Å². The Kier molecular flexibility index (Phi) is 4.53. The molecular formula is C19H22N2O4+2. The average molecular weight is 342 g/mol. The van der Waals surface area contributed by atoms with Crippen LogP contribution in [-0.2, 0) is 32.8 Å². The highest BCUT2D eigenvalue weighted by Crippen LogP contribution is 2.47. The zero-order chi connectivity index (χ0) is 18.0. The van der Waals surface area contributed by atoms with Crippen LogP contribution < -0.4 is 9.13 Å². The second-order valence-electron chi connectivity index (χ2n) is 6.76. The number of carboxylic acid groups (broad SMARTS) is 1. The molecule has 1 aliphatic carbocycles. The number of carbonyl (C=O) groups is 2. The number of pyridine rings is 2. The predicted octanol–water partition coefficient (Wildman–Crippen LogP) is 1.22. The Bertz CT molecular complexity index is 830. The summed E-state index contributed by atoms with van der Waals surface area (Å²) in [7, 11) is 0. The van der Waals surface area contributed by atoms with Crippen LogP contribution in [0.25, 0.3) is 11.1 Å². The van der Waals surface area contributed by atoms with Gasteiger partial charge in [-0.15, -0.1) is 0 Å². The summed E-state index contributed by atoms with van der Waals surface area (Å²) in [6.45, 7) is 6.21. The summed E-state index contributed by atoms with van der Waals surface area (Å²) >= 11 is 0. The molecule has 2 aromatic rings. The smallest absolute Gasteiger partial charge is 0.309 e. The van der Waals surface area contributed by atoms with Crippen LogP contribution in [0.1, 0.15) is 31.4 Å². The average Bonchev–Trinajstić information content (AvgIpc) is 2.81. The fourth-order valence-corrected chi connectivity index (χ4v) is 3.40. The van der Waals surface area contributed by atoms with Crippen LogP contribution >= 0.6 is 0 Å². The fourth-order valence-electron chi connectivity index (χ4n) is 3.40. The minimum Gasteiger partial charge on any atom is -0.481 e. The highest BCUT2D eigenvalue weighted by atomic mass is 16.5. The van der Waals surface area contributed by atoms with Crippen molar-refractivity contribution in [3.63, 3.8) is 0 Å². The third kappa shape index (κ3) is 3.24. The number of rotatable bonds is 7. The number of aryl methyl sites for hydroxylation is 1. The second-order valence-corrected chi connectivity index (χ2v) is 6.76. The van der Waals surface area contributed by atoms with Gasteiger partial charge in [0.2, 0.25) is 0 Å². The first-order chi connectivity index (χ1) is 11.9. The number of hydrogen-bond acceptors (Lipinski definition) is 3. The molecule has 6 heteroatoms. The van der Waals surface area contributed by atoms with Gasteiger partial charge in [0.05, 0.1) is 0 Å². The van der Waals surface area contributed by atoms with Crippen molar-refractivity contribution in [2.24, 2.45) is 0 Å². The number of carboxylic acids is 1. The molecule has 25 heavy (non-hydrogen) atoms. The summed E-state index contributed by atoms with van der Waals surface area (Å²) in [5.74, 6) is -0.797. The molecule has 0 aromatic carbocycles. The lowest BCUT2D eigenvalue weighted by Crippen LogP contribution is -2.37. The van der Waals surface area contributed by atoms with Gasteiger partial charge in [-0.05, 0) is 11.1 Å². The Labute approximate surface area is 146 Å². The molecule has 0 spiro atoms. The van der Waals surface area contributed by atoms with E-state index in [4.69, 9.17) is 9.84 Å². The molecule has 0 saturated carbocycles. The van der Waals surface area contributed by atoms with Gasteiger partial charge in [0, 0.05) is 28.7 Å². The summed E-state index contributed by atoms with van der Waals surface area (Å²) in [5, 5.41) is 8.88. The van der Waals surface area contributed by atoms with Crippen molar-refractivity contribution in [1.29, 1.82) is 0 Å². The molecule has 0 fully saturated rings. The monoisotopic (exact) mass is 342 g/mol. The summed E-state index contributed by atoms with van der Waals surface area (Å²) in [6.07, 6.45) is 8.19. The van der Waals surface area contributed by atoms with Crippen LogP contribution in [-0.4, -0.2) is 24.2 Å². The van der Waals surface area contributed by atoms with Crippen LogP contribution in [0.2, 0.25) is 0 Å². The third-order valence-corrected chi connectivity index (χ3v) is 4.79. The molecule has 2 aromatic heterocycles. The number of nitrogens with zero attached hydrogens (tertiary/aromatic N) is 2. The number of ether oxygens (including phenoxy) is 1. The van der Waals surface area contributed by atoms with Crippen LogP contribution in [0.15, 0.2) is 36.9 Å². The lowest BCUT2D eigenvalue weighted by atomic mass is 9.84. The first-order valence-corrected chi connectivity index (χ1v) is 8.28. The van der Waals surface area contributed by atoms with Crippen molar-refractivity contribution in [1.82, 2.24) is 0 Å². The van der Waals surface area contributed by atoms with Gasteiger partial charge < -0.3 is 9.84 Å². The van der Waals surface area contributed by atoms with E-state index in [0.29, 0.717) is 26.2 Å². The van der Waals surface area contributed by atoms with Gasteiger partial charge in [-0.1, -0.05) is 13.8 Å². The molecule has 1 aliphatic rings. The van der Waals surface area contributed by atoms with E-state index in [2.05, 4.69) is 38.4 Å². The molecule has 0 saturated heterocycles. The van der Waals surface area contributed by atoms with Gasteiger partial charge in [0.25, 0.3) is 6.47 Å². The van der Waals surface area contributed by atoms with Gasteiger partial charge in [-0.25, -0.2) is 9.13 Å².